The van der Waals surface area contributed by atoms with Gasteiger partial charge in [0.1, 0.15) is 4.90 Å². The van der Waals surface area contributed by atoms with Crippen LogP contribution in [-0.2, 0) is 14.8 Å². The zero-order chi connectivity index (χ0) is 16.0. The van der Waals surface area contributed by atoms with Crippen molar-refractivity contribution in [2.24, 2.45) is 0 Å². The van der Waals surface area contributed by atoms with Gasteiger partial charge in [0, 0.05) is 17.1 Å². The number of ether oxygens (including phenoxy) is 2. The zero-order valence-corrected chi connectivity index (χ0v) is 14.3. The van der Waals surface area contributed by atoms with E-state index in [2.05, 4.69) is 26.0 Å². The third kappa shape index (κ3) is 4.58. The van der Waals surface area contributed by atoms with Crippen LogP contribution in [0.3, 0.4) is 0 Å². The van der Waals surface area contributed by atoms with Gasteiger partial charge in [0.15, 0.2) is 11.5 Å². The smallest absolute Gasteiger partial charge is 0.242 e. The second-order valence-electron chi connectivity index (χ2n) is 3.92. The summed E-state index contributed by atoms with van der Waals surface area (Å²) in [5, 5.41) is 2.50. The second kappa shape index (κ2) is 7.62. The summed E-state index contributed by atoms with van der Waals surface area (Å²) < 4.78 is 37.1. The van der Waals surface area contributed by atoms with Gasteiger partial charge in [-0.05, 0) is 28.9 Å². The van der Waals surface area contributed by atoms with Crippen LogP contribution >= 0.6 is 15.9 Å². The number of rotatable bonds is 7. The van der Waals surface area contributed by atoms with Crippen LogP contribution in [0.4, 0.5) is 0 Å². The molecule has 0 radical (unpaired) electrons. The molecule has 0 fully saturated rings. The fraction of sp³-hybridized carbons (Fsp3) is 0.417. The summed E-state index contributed by atoms with van der Waals surface area (Å²) in [7, 11) is -0.998. The van der Waals surface area contributed by atoms with Crippen LogP contribution in [0.25, 0.3) is 0 Å². The standard InChI is InChI=1S/C12H17BrN2O5S/c1-4-14-12(16)7-15-21(17,18)11-6-10(20-3)9(19-2)5-8(11)13/h5-6,15H,4,7H2,1-3H3,(H,14,16). The van der Waals surface area contributed by atoms with Crippen molar-refractivity contribution in [2.75, 3.05) is 27.3 Å². The number of nitrogens with one attached hydrogen (secondary N) is 2. The SMILES string of the molecule is CCNC(=O)CNS(=O)(=O)c1cc(OC)c(OC)cc1Br. The number of benzene rings is 1. The van der Waals surface area contributed by atoms with Crippen molar-refractivity contribution in [2.45, 2.75) is 11.8 Å². The Labute approximate surface area is 132 Å². The number of likely N-dealkylation sites (N-methyl/N-ethyl adjacent to an activating group) is 1. The molecule has 0 heterocycles. The molecule has 1 rings (SSSR count). The lowest BCUT2D eigenvalue weighted by Crippen LogP contribution is -2.36. The lowest BCUT2D eigenvalue weighted by molar-refractivity contribution is -0.119. The van der Waals surface area contributed by atoms with E-state index in [0.29, 0.717) is 16.8 Å². The first-order valence-corrected chi connectivity index (χ1v) is 8.31. The number of hydrogen-bond acceptors (Lipinski definition) is 5. The lowest BCUT2D eigenvalue weighted by atomic mass is 10.3. The summed E-state index contributed by atoms with van der Waals surface area (Å²) in [5.74, 6) is 0.267. The molecule has 0 spiro atoms. The van der Waals surface area contributed by atoms with E-state index in [1.165, 1.54) is 26.4 Å². The highest BCUT2D eigenvalue weighted by Gasteiger charge is 2.21. The quantitative estimate of drug-likeness (QED) is 0.732. The third-order valence-electron chi connectivity index (χ3n) is 2.52. The van der Waals surface area contributed by atoms with E-state index in [0.717, 1.165) is 0 Å². The highest BCUT2D eigenvalue weighted by molar-refractivity contribution is 9.10. The Morgan fingerprint density at radius 3 is 2.33 bits per heavy atom. The van der Waals surface area contributed by atoms with E-state index >= 15 is 0 Å². The summed E-state index contributed by atoms with van der Waals surface area (Å²) in [6, 6.07) is 2.81. The Balaban J connectivity index is 3.05. The molecule has 7 nitrogen and oxygen atoms in total. The molecule has 0 bridgehead atoms. The molecule has 1 aromatic carbocycles. The molecule has 0 aliphatic carbocycles. The van der Waals surface area contributed by atoms with E-state index < -0.39 is 15.9 Å². The predicted molar refractivity (Wildman–Crippen MR) is 81.1 cm³/mol. The first-order chi connectivity index (χ1) is 9.85. The van der Waals surface area contributed by atoms with E-state index in [1.54, 1.807) is 6.92 Å². The Kier molecular flexibility index (Phi) is 6.43. The number of halogens is 1. The van der Waals surface area contributed by atoms with Crippen molar-refractivity contribution in [1.29, 1.82) is 0 Å². The molecule has 0 aliphatic rings. The van der Waals surface area contributed by atoms with Gasteiger partial charge < -0.3 is 14.8 Å². The van der Waals surface area contributed by atoms with Crippen molar-refractivity contribution in [3.63, 3.8) is 0 Å². The summed E-state index contributed by atoms with van der Waals surface area (Å²) in [5.41, 5.74) is 0. The van der Waals surface area contributed by atoms with Gasteiger partial charge in [-0.2, -0.15) is 0 Å². The topological polar surface area (TPSA) is 93.7 Å². The number of carbonyl (C=O) groups is 1. The number of carbonyl (C=O) groups excluding carboxylic acids is 1. The molecule has 0 aliphatic heterocycles. The molecule has 1 amide bonds. The molecular weight excluding hydrogens is 364 g/mol. The monoisotopic (exact) mass is 380 g/mol. The Morgan fingerprint density at radius 2 is 1.81 bits per heavy atom. The number of sulfonamides is 1. The molecule has 0 unspecified atom stereocenters. The summed E-state index contributed by atoms with van der Waals surface area (Å²) in [4.78, 5) is 11.3. The zero-order valence-electron chi connectivity index (χ0n) is 11.9. The molecule has 2 N–H and O–H groups in total. The van der Waals surface area contributed by atoms with Gasteiger partial charge in [0.25, 0.3) is 0 Å². The van der Waals surface area contributed by atoms with Crippen molar-refractivity contribution >= 4 is 31.9 Å². The van der Waals surface area contributed by atoms with Crippen LogP contribution in [0.15, 0.2) is 21.5 Å². The van der Waals surface area contributed by atoms with Gasteiger partial charge in [0.2, 0.25) is 15.9 Å². The van der Waals surface area contributed by atoms with Gasteiger partial charge in [-0.15, -0.1) is 0 Å². The molecular formula is C12H17BrN2O5S. The largest absolute Gasteiger partial charge is 0.493 e. The van der Waals surface area contributed by atoms with E-state index in [9.17, 15) is 13.2 Å². The molecule has 0 aromatic heterocycles. The molecule has 0 saturated carbocycles. The van der Waals surface area contributed by atoms with Crippen LogP contribution in [0.1, 0.15) is 6.92 Å². The highest BCUT2D eigenvalue weighted by Crippen LogP contribution is 2.35. The molecule has 118 valence electrons. The van der Waals surface area contributed by atoms with Crippen LogP contribution in [0.5, 0.6) is 11.5 Å². The first-order valence-electron chi connectivity index (χ1n) is 6.03. The fourth-order valence-corrected chi connectivity index (χ4v) is 3.56. The molecule has 0 atom stereocenters. The summed E-state index contributed by atoms with van der Waals surface area (Å²) in [6.45, 7) is 1.84. The van der Waals surface area contributed by atoms with Crippen molar-refractivity contribution < 1.29 is 22.7 Å². The van der Waals surface area contributed by atoms with Crippen molar-refractivity contribution in [1.82, 2.24) is 10.0 Å². The average Bonchev–Trinajstić information content (AvgIpc) is 2.45. The Bertz CT molecular complexity index is 618. The predicted octanol–water partition coefficient (Wildman–Crippen LogP) is 0.881. The van der Waals surface area contributed by atoms with E-state index in [-0.39, 0.29) is 17.2 Å². The van der Waals surface area contributed by atoms with Crippen LogP contribution in [0, 0.1) is 0 Å². The van der Waals surface area contributed by atoms with Gasteiger partial charge >= 0.3 is 0 Å². The van der Waals surface area contributed by atoms with Crippen LogP contribution < -0.4 is 19.5 Å². The molecule has 21 heavy (non-hydrogen) atoms. The fourth-order valence-electron chi connectivity index (χ4n) is 1.54. The average molecular weight is 381 g/mol. The summed E-state index contributed by atoms with van der Waals surface area (Å²) in [6.07, 6.45) is 0. The van der Waals surface area contributed by atoms with Gasteiger partial charge in [0.05, 0.1) is 20.8 Å². The first kappa shape index (κ1) is 17.7. The van der Waals surface area contributed by atoms with Gasteiger partial charge in [-0.1, -0.05) is 0 Å². The minimum Gasteiger partial charge on any atom is -0.493 e. The van der Waals surface area contributed by atoms with Crippen molar-refractivity contribution in [3.8, 4) is 11.5 Å². The second-order valence-corrected chi connectivity index (χ2v) is 6.51. The lowest BCUT2D eigenvalue weighted by Gasteiger charge is -2.13. The van der Waals surface area contributed by atoms with Gasteiger partial charge in [-0.25, -0.2) is 13.1 Å². The minimum absolute atomic E-state index is 0.0375. The maximum Gasteiger partial charge on any atom is 0.242 e. The van der Waals surface area contributed by atoms with E-state index in [1.807, 2.05) is 0 Å². The third-order valence-corrected chi connectivity index (χ3v) is 4.88. The van der Waals surface area contributed by atoms with Crippen LogP contribution in [-0.4, -0.2) is 41.6 Å². The summed E-state index contributed by atoms with van der Waals surface area (Å²) >= 11 is 3.17. The van der Waals surface area contributed by atoms with Crippen LogP contribution in [0.2, 0.25) is 0 Å². The van der Waals surface area contributed by atoms with Gasteiger partial charge in [-0.3, -0.25) is 4.79 Å². The molecule has 1 aromatic rings. The van der Waals surface area contributed by atoms with E-state index in [4.69, 9.17) is 9.47 Å². The number of methoxy groups -OCH3 is 2. The Hall–Kier alpha value is -1.32. The number of hydrogen-bond donors (Lipinski definition) is 2. The normalized spacial score (nSPS) is 11.0. The minimum atomic E-state index is -3.86. The highest BCUT2D eigenvalue weighted by atomic mass is 79.9. The van der Waals surface area contributed by atoms with Crippen molar-refractivity contribution in [3.05, 3.63) is 16.6 Å². The molecule has 0 saturated heterocycles. The Morgan fingerprint density at radius 1 is 1.24 bits per heavy atom. The molecule has 9 heteroatoms. The number of amides is 1. The maximum absolute atomic E-state index is 12.2. The maximum atomic E-state index is 12.2.